The van der Waals surface area contributed by atoms with Crippen LogP contribution in [0.5, 0.6) is 0 Å². The van der Waals surface area contributed by atoms with Crippen LogP contribution in [0, 0.1) is 11.3 Å². The van der Waals surface area contributed by atoms with Crippen molar-refractivity contribution in [3.63, 3.8) is 0 Å². The molecular weight excluding hydrogens is 196 g/mol. The fourth-order valence-corrected chi connectivity index (χ4v) is 1.65. The van der Waals surface area contributed by atoms with E-state index >= 15 is 0 Å². The number of rotatable bonds is 2. The molecule has 2 heteroatoms. The molecule has 0 saturated heterocycles. The Balaban J connectivity index is 2.35. The number of benzene rings is 2. The second-order valence-corrected chi connectivity index (χ2v) is 3.63. The van der Waals surface area contributed by atoms with E-state index in [4.69, 9.17) is 11.0 Å². The molecule has 0 saturated carbocycles. The molecule has 0 fully saturated rings. The SMILES string of the molecule is N#Cc1cccc(C(N)c2ccccc2)c1. The lowest BCUT2D eigenvalue weighted by Gasteiger charge is -2.12. The predicted octanol–water partition coefficient (Wildman–Crippen LogP) is 2.61. The molecule has 2 aromatic rings. The van der Waals surface area contributed by atoms with E-state index in [0.29, 0.717) is 5.56 Å². The highest BCUT2D eigenvalue weighted by Crippen LogP contribution is 2.19. The van der Waals surface area contributed by atoms with E-state index in [0.717, 1.165) is 11.1 Å². The van der Waals surface area contributed by atoms with Gasteiger partial charge in [-0.25, -0.2) is 0 Å². The van der Waals surface area contributed by atoms with Crippen molar-refractivity contribution < 1.29 is 0 Å². The lowest BCUT2D eigenvalue weighted by atomic mass is 9.98. The summed E-state index contributed by atoms with van der Waals surface area (Å²) in [7, 11) is 0. The van der Waals surface area contributed by atoms with Gasteiger partial charge in [0.2, 0.25) is 0 Å². The standard InChI is InChI=1S/C14H12N2/c15-10-11-5-4-8-13(9-11)14(16)12-6-2-1-3-7-12/h1-9,14H,16H2. The number of hydrogen-bond donors (Lipinski definition) is 1. The van der Waals surface area contributed by atoms with E-state index in [1.807, 2.05) is 48.5 Å². The minimum atomic E-state index is -0.172. The smallest absolute Gasteiger partial charge is 0.0991 e. The Hall–Kier alpha value is -2.11. The zero-order chi connectivity index (χ0) is 11.4. The van der Waals surface area contributed by atoms with Crippen LogP contribution in [-0.4, -0.2) is 0 Å². The first-order chi connectivity index (χ1) is 7.81. The summed E-state index contributed by atoms with van der Waals surface area (Å²) in [5.41, 5.74) is 8.79. The van der Waals surface area contributed by atoms with Crippen molar-refractivity contribution >= 4 is 0 Å². The van der Waals surface area contributed by atoms with Gasteiger partial charge in [-0.1, -0.05) is 42.5 Å². The first-order valence-electron chi connectivity index (χ1n) is 5.12. The molecule has 1 unspecified atom stereocenters. The number of nitrogens with two attached hydrogens (primary N) is 1. The monoisotopic (exact) mass is 208 g/mol. The van der Waals surface area contributed by atoms with Crippen LogP contribution >= 0.6 is 0 Å². The van der Waals surface area contributed by atoms with Crippen LogP contribution in [0.3, 0.4) is 0 Å². The van der Waals surface area contributed by atoms with E-state index in [2.05, 4.69) is 6.07 Å². The van der Waals surface area contributed by atoms with Gasteiger partial charge in [0.25, 0.3) is 0 Å². The average molecular weight is 208 g/mol. The van der Waals surface area contributed by atoms with Gasteiger partial charge in [-0.15, -0.1) is 0 Å². The summed E-state index contributed by atoms with van der Waals surface area (Å²) in [6.45, 7) is 0. The Morgan fingerprint density at radius 3 is 2.31 bits per heavy atom. The van der Waals surface area contributed by atoms with E-state index < -0.39 is 0 Å². The Kier molecular flexibility index (Phi) is 3.00. The van der Waals surface area contributed by atoms with E-state index in [-0.39, 0.29) is 6.04 Å². The van der Waals surface area contributed by atoms with Gasteiger partial charge in [-0.2, -0.15) is 5.26 Å². The van der Waals surface area contributed by atoms with Crippen molar-refractivity contribution in [3.05, 3.63) is 71.3 Å². The Labute approximate surface area is 95.0 Å². The first-order valence-corrected chi connectivity index (χ1v) is 5.12. The molecule has 2 aromatic carbocycles. The molecule has 0 radical (unpaired) electrons. The number of hydrogen-bond acceptors (Lipinski definition) is 2. The van der Waals surface area contributed by atoms with Gasteiger partial charge in [0.1, 0.15) is 0 Å². The summed E-state index contributed by atoms with van der Waals surface area (Å²) >= 11 is 0. The van der Waals surface area contributed by atoms with Crippen molar-refractivity contribution in [1.29, 1.82) is 5.26 Å². The maximum Gasteiger partial charge on any atom is 0.0991 e. The predicted molar refractivity (Wildman–Crippen MR) is 63.6 cm³/mol. The zero-order valence-electron chi connectivity index (χ0n) is 8.80. The molecular formula is C14H12N2. The van der Waals surface area contributed by atoms with Crippen molar-refractivity contribution in [2.24, 2.45) is 5.73 Å². The summed E-state index contributed by atoms with van der Waals surface area (Å²) in [5, 5.41) is 8.82. The van der Waals surface area contributed by atoms with Crippen molar-refractivity contribution in [3.8, 4) is 6.07 Å². The van der Waals surface area contributed by atoms with Crippen LogP contribution in [0.2, 0.25) is 0 Å². The minimum absolute atomic E-state index is 0.172. The van der Waals surface area contributed by atoms with Crippen molar-refractivity contribution in [2.45, 2.75) is 6.04 Å². The van der Waals surface area contributed by atoms with Crippen molar-refractivity contribution in [2.75, 3.05) is 0 Å². The molecule has 0 bridgehead atoms. The maximum atomic E-state index is 8.82. The molecule has 0 aliphatic carbocycles. The summed E-state index contributed by atoms with van der Waals surface area (Å²) in [5.74, 6) is 0. The van der Waals surface area contributed by atoms with Crippen LogP contribution in [0.4, 0.5) is 0 Å². The molecule has 2 N–H and O–H groups in total. The van der Waals surface area contributed by atoms with Gasteiger partial charge < -0.3 is 5.73 Å². The van der Waals surface area contributed by atoms with E-state index in [9.17, 15) is 0 Å². The summed E-state index contributed by atoms with van der Waals surface area (Å²) < 4.78 is 0. The second kappa shape index (κ2) is 4.61. The molecule has 2 rings (SSSR count). The van der Waals surface area contributed by atoms with Crippen LogP contribution in [-0.2, 0) is 0 Å². The highest BCUT2D eigenvalue weighted by atomic mass is 14.6. The second-order valence-electron chi connectivity index (χ2n) is 3.63. The lowest BCUT2D eigenvalue weighted by Crippen LogP contribution is -2.11. The fraction of sp³-hybridized carbons (Fsp3) is 0.0714. The largest absolute Gasteiger partial charge is 0.320 e. The van der Waals surface area contributed by atoms with Crippen LogP contribution in [0.25, 0.3) is 0 Å². The van der Waals surface area contributed by atoms with Gasteiger partial charge >= 0.3 is 0 Å². The highest BCUT2D eigenvalue weighted by Gasteiger charge is 2.08. The molecule has 0 amide bonds. The number of nitrogens with zero attached hydrogens (tertiary/aromatic N) is 1. The molecule has 0 aliphatic heterocycles. The summed E-state index contributed by atoms with van der Waals surface area (Å²) in [6, 6.07) is 19.2. The van der Waals surface area contributed by atoms with E-state index in [1.54, 1.807) is 6.07 Å². The Morgan fingerprint density at radius 1 is 0.938 bits per heavy atom. The molecule has 0 spiro atoms. The Morgan fingerprint density at radius 2 is 1.62 bits per heavy atom. The van der Waals surface area contributed by atoms with Gasteiger partial charge in [0.05, 0.1) is 17.7 Å². The third kappa shape index (κ3) is 2.10. The average Bonchev–Trinajstić information content (AvgIpc) is 2.39. The van der Waals surface area contributed by atoms with Crippen LogP contribution in [0.1, 0.15) is 22.7 Å². The summed E-state index contributed by atoms with van der Waals surface area (Å²) in [6.07, 6.45) is 0. The first kappa shape index (κ1) is 10.4. The third-order valence-electron chi connectivity index (χ3n) is 2.53. The zero-order valence-corrected chi connectivity index (χ0v) is 8.80. The van der Waals surface area contributed by atoms with Crippen molar-refractivity contribution in [1.82, 2.24) is 0 Å². The molecule has 16 heavy (non-hydrogen) atoms. The third-order valence-corrected chi connectivity index (χ3v) is 2.53. The molecule has 0 heterocycles. The van der Waals surface area contributed by atoms with Crippen LogP contribution < -0.4 is 5.73 Å². The van der Waals surface area contributed by atoms with Gasteiger partial charge in [0.15, 0.2) is 0 Å². The van der Waals surface area contributed by atoms with Gasteiger partial charge in [0, 0.05) is 0 Å². The van der Waals surface area contributed by atoms with E-state index in [1.165, 1.54) is 0 Å². The summed E-state index contributed by atoms with van der Waals surface area (Å²) in [4.78, 5) is 0. The van der Waals surface area contributed by atoms with Gasteiger partial charge in [-0.3, -0.25) is 0 Å². The fourth-order valence-electron chi connectivity index (χ4n) is 1.65. The Bertz CT molecular complexity index is 512. The molecule has 0 aliphatic rings. The molecule has 78 valence electrons. The molecule has 1 atom stereocenters. The topological polar surface area (TPSA) is 49.8 Å². The quantitative estimate of drug-likeness (QED) is 0.824. The molecule has 2 nitrogen and oxygen atoms in total. The lowest BCUT2D eigenvalue weighted by molar-refractivity contribution is 0.871. The maximum absolute atomic E-state index is 8.82. The highest BCUT2D eigenvalue weighted by molar-refractivity contribution is 5.38. The minimum Gasteiger partial charge on any atom is -0.320 e. The van der Waals surface area contributed by atoms with Gasteiger partial charge in [-0.05, 0) is 23.3 Å². The molecule has 0 aromatic heterocycles. The van der Waals surface area contributed by atoms with Crippen LogP contribution in [0.15, 0.2) is 54.6 Å². The number of nitriles is 1. The normalized spacial score (nSPS) is 11.8.